The molecule has 15 heavy (non-hydrogen) atoms. The van der Waals surface area contributed by atoms with Gasteiger partial charge in [0.25, 0.3) is 0 Å². The minimum Gasteiger partial charge on any atom is -0.481 e. The van der Waals surface area contributed by atoms with Gasteiger partial charge in [-0.25, -0.2) is 0 Å². The van der Waals surface area contributed by atoms with E-state index in [9.17, 15) is 9.59 Å². The molecule has 0 radical (unpaired) electrons. The maximum absolute atomic E-state index is 10.7. The third-order valence-corrected chi connectivity index (χ3v) is 1.95. The van der Waals surface area contributed by atoms with Crippen molar-refractivity contribution in [3.05, 3.63) is 30.1 Å². The van der Waals surface area contributed by atoms with E-state index < -0.39 is 17.9 Å². The summed E-state index contributed by atoms with van der Waals surface area (Å²) in [5, 5.41) is 17.3. The minimum atomic E-state index is -1.11. The molecule has 1 aromatic heterocycles. The number of hydrogen-bond donors (Lipinski definition) is 2. The molecule has 2 N–H and O–H groups in total. The molecule has 1 atom stereocenters. The molecule has 0 aliphatic rings. The van der Waals surface area contributed by atoms with E-state index in [1.807, 2.05) is 0 Å². The fourth-order valence-corrected chi connectivity index (χ4v) is 1.23. The number of carboxylic acids is 2. The maximum Gasteiger partial charge on any atom is 0.307 e. The highest BCUT2D eigenvalue weighted by molar-refractivity contribution is 5.77. The van der Waals surface area contributed by atoms with Gasteiger partial charge in [-0.1, -0.05) is 6.07 Å². The van der Waals surface area contributed by atoms with Crippen LogP contribution in [0.5, 0.6) is 0 Å². The first-order valence-corrected chi connectivity index (χ1v) is 4.44. The predicted octanol–water partition coefficient (Wildman–Crippen LogP) is 0.800. The van der Waals surface area contributed by atoms with Crippen molar-refractivity contribution in [2.75, 3.05) is 0 Å². The summed E-state index contributed by atoms with van der Waals surface area (Å²) in [5.41, 5.74) is 0.589. The molecule has 0 aromatic carbocycles. The van der Waals surface area contributed by atoms with Crippen LogP contribution in [0.25, 0.3) is 0 Å². The van der Waals surface area contributed by atoms with Crippen LogP contribution in [0.3, 0.4) is 0 Å². The van der Waals surface area contributed by atoms with Crippen LogP contribution in [-0.2, 0) is 16.0 Å². The van der Waals surface area contributed by atoms with Crippen LogP contribution in [0, 0.1) is 5.92 Å². The lowest BCUT2D eigenvalue weighted by Gasteiger charge is -2.08. The van der Waals surface area contributed by atoms with E-state index in [0.29, 0.717) is 5.69 Å². The van der Waals surface area contributed by atoms with Crippen molar-refractivity contribution < 1.29 is 19.8 Å². The molecule has 80 valence electrons. The van der Waals surface area contributed by atoms with Crippen molar-refractivity contribution in [3.8, 4) is 0 Å². The van der Waals surface area contributed by atoms with Crippen LogP contribution in [-0.4, -0.2) is 27.1 Å². The van der Waals surface area contributed by atoms with Crippen molar-refractivity contribution in [1.82, 2.24) is 4.98 Å². The van der Waals surface area contributed by atoms with Crippen molar-refractivity contribution >= 4 is 11.9 Å². The summed E-state index contributed by atoms with van der Waals surface area (Å²) in [6, 6.07) is 5.14. The van der Waals surface area contributed by atoms with Gasteiger partial charge in [0.15, 0.2) is 0 Å². The molecule has 0 amide bonds. The van der Waals surface area contributed by atoms with Crippen LogP contribution < -0.4 is 0 Å². The maximum atomic E-state index is 10.7. The molecule has 1 rings (SSSR count). The molecule has 5 heteroatoms. The Morgan fingerprint density at radius 1 is 1.33 bits per heavy atom. The third kappa shape index (κ3) is 3.76. The Kier molecular flexibility index (Phi) is 3.79. The van der Waals surface area contributed by atoms with E-state index in [1.165, 1.54) is 0 Å². The second-order valence-corrected chi connectivity index (χ2v) is 3.16. The van der Waals surface area contributed by atoms with Gasteiger partial charge < -0.3 is 10.2 Å². The standard InChI is InChI=1S/C10H11NO4/c12-9(13)6-7(10(14)15)5-8-3-1-2-4-11-8/h1-4,7H,5-6H2,(H,12,13)(H,14,15). The molecule has 0 aliphatic heterocycles. The Balaban J connectivity index is 2.67. The number of aliphatic carboxylic acids is 2. The molecular weight excluding hydrogens is 198 g/mol. The first-order chi connectivity index (χ1) is 7.09. The number of nitrogens with zero attached hydrogens (tertiary/aromatic N) is 1. The average molecular weight is 209 g/mol. The number of aromatic nitrogens is 1. The highest BCUT2D eigenvalue weighted by Gasteiger charge is 2.21. The molecule has 0 fully saturated rings. The Morgan fingerprint density at radius 2 is 2.07 bits per heavy atom. The van der Waals surface area contributed by atoms with Crippen LogP contribution in [0.2, 0.25) is 0 Å². The van der Waals surface area contributed by atoms with Gasteiger partial charge in [-0.2, -0.15) is 0 Å². The monoisotopic (exact) mass is 209 g/mol. The molecule has 0 saturated heterocycles. The van der Waals surface area contributed by atoms with Crippen molar-refractivity contribution in [2.45, 2.75) is 12.8 Å². The van der Waals surface area contributed by atoms with Crippen LogP contribution in [0.4, 0.5) is 0 Å². The summed E-state index contributed by atoms with van der Waals surface area (Å²) < 4.78 is 0. The summed E-state index contributed by atoms with van der Waals surface area (Å²) >= 11 is 0. The van der Waals surface area contributed by atoms with E-state index in [-0.39, 0.29) is 12.8 Å². The summed E-state index contributed by atoms with van der Waals surface area (Å²) in [7, 11) is 0. The largest absolute Gasteiger partial charge is 0.481 e. The van der Waals surface area contributed by atoms with Gasteiger partial charge in [0.05, 0.1) is 12.3 Å². The summed E-state index contributed by atoms with van der Waals surface area (Å²) in [6.45, 7) is 0. The zero-order valence-electron chi connectivity index (χ0n) is 7.96. The fraction of sp³-hybridized carbons (Fsp3) is 0.300. The van der Waals surface area contributed by atoms with Gasteiger partial charge in [-0.05, 0) is 12.1 Å². The zero-order valence-corrected chi connectivity index (χ0v) is 7.96. The van der Waals surface area contributed by atoms with Crippen molar-refractivity contribution in [3.63, 3.8) is 0 Å². The Labute approximate surface area is 86.4 Å². The smallest absolute Gasteiger partial charge is 0.307 e. The lowest BCUT2D eigenvalue weighted by molar-refractivity contribution is -0.148. The molecule has 0 spiro atoms. The molecule has 0 bridgehead atoms. The number of rotatable bonds is 5. The second-order valence-electron chi connectivity index (χ2n) is 3.16. The highest BCUT2D eigenvalue weighted by atomic mass is 16.4. The van der Waals surface area contributed by atoms with Gasteiger partial charge in [-0.15, -0.1) is 0 Å². The van der Waals surface area contributed by atoms with E-state index in [2.05, 4.69) is 4.98 Å². The molecule has 0 saturated carbocycles. The molecule has 0 aliphatic carbocycles. The van der Waals surface area contributed by atoms with Crippen molar-refractivity contribution in [1.29, 1.82) is 0 Å². The molecular formula is C10H11NO4. The number of pyridine rings is 1. The van der Waals surface area contributed by atoms with E-state index >= 15 is 0 Å². The molecule has 1 aromatic rings. The molecule has 5 nitrogen and oxygen atoms in total. The number of carboxylic acid groups (broad SMARTS) is 2. The van der Waals surface area contributed by atoms with Crippen molar-refractivity contribution in [2.24, 2.45) is 5.92 Å². The Morgan fingerprint density at radius 3 is 2.53 bits per heavy atom. The Bertz CT molecular complexity index is 350. The summed E-state index contributed by atoms with van der Waals surface area (Å²) in [6.07, 6.45) is 1.31. The summed E-state index contributed by atoms with van der Waals surface area (Å²) in [5.74, 6) is -3.14. The topological polar surface area (TPSA) is 87.5 Å². The van der Waals surface area contributed by atoms with E-state index in [0.717, 1.165) is 0 Å². The Hall–Kier alpha value is -1.91. The third-order valence-electron chi connectivity index (χ3n) is 1.95. The zero-order chi connectivity index (χ0) is 11.3. The van der Waals surface area contributed by atoms with Crippen LogP contribution >= 0.6 is 0 Å². The predicted molar refractivity (Wildman–Crippen MR) is 51.3 cm³/mol. The van der Waals surface area contributed by atoms with Gasteiger partial charge in [0.2, 0.25) is 0 Å². The second kappa shape index (κ2) is 5.09. The molecule has 1 heterocycles. The van der Waals surface area contributed by atoms with Gasteiger partial charge in [0, 0.05) is 18.3 Å². The lowest BCUT2D eigenvalue weighted by Crippen LogP contribution is -2.20. The molecule has 1 unspecified atom stereocenters. The first kappa shape index (κ1) is 11.2. The highest BCUT2D eigenvalue weighted by Crippen LogP contribution is 2.10. The number of hydrogen-bond acceptors (Lipinski definition) is 3. The van der Waals surface area contributed by atoms with Gasteiger partial charge in [0.1, 0.15) is 0 Å². The van der Waals surface area contributed by atoms with E-state index in [1.54, 1.807) is 24.4 Å². The van der Waals surface area contributed by atoms with E-state index in [4.69, 9.17) is 10.2 Å². The van der Waals surface area contributed by atoms with Gasteiger partial charge in [-0.3, -0.25) is 14.6 Å². The lowest BCUT2D eigenvalue weighted by atomic mass is 9.99. The number of carbonyl (C=O) groups is 2. The normalized spacial score (nSPS) is 12.0. The average Bonchev–Trinajstić information content (AvgIpc) is 2.17. The SMILES string of the molecule is O=C(O)CC(Cc1ccccn1)C(=O)O. The summed E-state index contributed by atoms with van der Waals surface area (Å²) in [4.78, 5) is 25.1. The first-order valence-electron chi connectivity index (χ1n) is 4.44. The van der Waals surface area contributed by atoms with Crippen LogP contribution in [0.1, 0.15) is 12.1 Å². The minimum absolute atomic E-state index is 0.141. The van der Waals surface area contributed by atoms with Crippen LogP contribution in [0.15, 0.2) is 24.4 Å². The fourth-order valence-electron chi connectivity index (χ4n) is 1.23. The quantitative estimate of drug-likeness (QED) is 0.748. The van der Waals surface area contributed by atoms with Gasteiger partial charge >= 0.3 is 11.9 Å².